The maximum Gasteiger partial charge on any atom is 0.313 e. The van der Waals surface area contributed by atoms with Crippen LogP contribution in [0.25, 0.3) is 0 Å². The first-order valence-corrected chi connectivity index (χ1v) is 10.9. The number of benzene rings is 1. The minimum Gasteiger partial charge on any atom is -0.493 e. The first-order chi connectivity index (χ1) is 14.1. The number of carbonyl (C=O) groups excluding carboxylic acids is 1. The number of ether oxygens (including phenoxy) is 3. The maximum absolute atomic E-state index is 12.6. The van der Waals surface area contributed by atoms with Gasteiger partial charge in [0, 0.05) is 17.9 Å². The van der Waals surface area contributed by atoms with Crippen LogP contribution in [0.15, 0.2) is 30.0 Å². The smallest absolute Gasteiger partial charge is 0.313 e. The Bertz CT molecular complexity index is 783. The molecule has 5 nitrogen and oxygen atoms in total. The monoisotopic (exact) mass is 399 g/mol. The Labute approximate surface area is 174 Å². The fourth-order valence-electron chi connectivity index (χ4n) is 5.51. The molecular weight excluding hydrogens is 366 g/mol. The average Bonchev–Trinajstić information content (AvgIpc) is 3.11. The highest BCUT2D eigenvalue weighted by Crippen LogP contribution is 2.49. The number of hydrogen-bond acceptors (Lipinski definition) is 5. The van der Waals surface area contributed by atoms with Gasteiger partial charge in [0.1, 0.15) is 5.76 Å². The van der Waals surface area contributed by atoms with Gasteiger partial charge in [-0.15, -0.1) is 0 Å². The Morgan fingerprint density at radius 3 is 2.59 bits per heavy atom. The van der Waals surface area contributed by atoms with E-state index >= 15 is 0 Å². The highest BCUT2D eigenvalue weighted by molar-refractivity contribution is 5.73. The minimum absolute atomic E-state index is 0.0183. The molecule has 0 amide bonds. The summed E-state index contributed by atoms with van der Waals surface area (Å²) in [6.07, 6.45) is 10.4. The van der Waals surface area contributed by atoms with Crippen molar-refractivity contribution in [1.29, 1.82) is 0 Å². The van der Waals surface area contributed by atoms with Crippen LogP contribution in [0, 0.1) is 5.92 Å². The van der Waals surface area contributed by atoms with E-state index in [9.17, 15) is 4.79 Å². The molecule has 1 saturated heterocycles. The predicted molar refractivity (Wildman–Crippen MR) is 112 cm³/mol. The van der Waals surface area contributed by atoms with Gasteiger partial charge in [-0.3, -0.25) is 4.79 Å². The molecule has 0 radical (unpaired) electrons. The maximum atomic E-state index is 12.6. The average molecular weight is 400 g/mol. The molecule has 0 aromatic heterocycles. The predicted octanol–water partition coefficient (Wildman–Crippen LogP) is 4.45. The summed E-state index contributed by atoms with van der Waals surface area (Å²) < 4.78 is 16.9. The number of esters is 1. The summed E-state index contributed by atoms with van der Waals surface area (Å²) in [5.74, 6) is 2.45. The topological polar surface area (TPSA) is 48.0 Å². The molecule has 158 valence electrons. The SMILES string of the molecule is COc1ccc([C@@]23CC=C(OC(=O)C4CCCCC4)CC2N(C)CC3)cc1OC. The summed E-state index contributed by atoms with van der Waals surface area (Å²) in [7, 11) is 5.53. The van der Waals surface area contributed by atoms with Gasteiger partial charge in [0.15, 0.2) is 11.5 Å². The van der Waals surface area contributed by atoms with Crippen LogP contribution < -0.4 is 9.47 Å². The molecule has 1 unspecified atom stereocenters. The molecule has 1 heterocycles. The number of fused-ring (bicyclic) bond motifs is 1. The van der Waals surface area contributed by atoms with E-state index in [-0.39, 0.29) is 17.3 Å². The van der Waals surface area contributed by atoms with E-state index in [0.717, 1.165) is 68.7 Å². The van der Waals surface area contributed by atoms with E-state index in [1.165, 1.54) is 12.0 Å². The van der Waals surface area contributed by atoms with Crippen LogP contribution >= 0.6 is 0 Å². The third kappa shape index (κ3) is 3.77. The quantitative estimate of drug-likeness (QED) is 0.685. The van der Waals surface area contributed by atoms with Crippen LogP contribution in [0.1, 0.15) is 56.9 Å². The first kappa shape index (κ1) is 20.3. The Hall–Kier alpha value is -2.01. The van der Waals surface area contributed by atoms with Gasteiger partial charge >= 0.3 is 5.97 Å². The zero-order chi connectivity index (χ0) is 20.4. The molecule has 1 aliphatic heterocycles. The van der Waals surface area contributed by atoms with E-state index < -0.39 is 0 Å². The molecule has 0 spiro atoms. The molecule has 0 N–H and O–H groups in total. The Morgan fingerprint density at radius 1 is 1.10 bits per heavy atom. The largest absolute Gasteiger partial charge is 0.493 e. The summed E-state index contributed by atoms with van der Waals surface area (Å²) in [6.45, 7) is 1.04. The standard InChI is InChI=1S/C24H33NO4/c1-25-14-13-24(18-9-10-20(27-2)21(15-18)28-3)12-11-19(16-22(24)25)29-23(26)17-7-5-4-6-8-17/h9-11,15,17,22H,4-8,12-14,16H2,1-3H3/t22?,24-/m0/s1. The zero-order valence-corrected chi connectivity index (χ0v) is 17.9. The fraction of sp³-hybridized carbons (Fsp3) is 0.625. The van der Waals surface area contributed by atoms with Crippen molar-refractivity contribution in [2.45, 2.75) is 62.8 Å². The fourth-order valence-corrected chi connectivity index (χ4v) is 5.51. The molecule has 1 aromatic carbocycles. The molecule has 4 rings (SSSR count). The second kappa shape index (κ2) is 8.39. The number of likely N-dealkylation sites (tertiary alicyclic amines) is 1. The van der Waals surface area contributed by atoms with E-state index in [4.69, 9.17) is 14.2 Å². The van der Waals surface area contributed by atoms with E-state index in [1.54, 1.807) is 14.2 Å². The van der Waals surface area contributed by atoms with Crippen molar-refractivity contribution in [3.8, 4) is 11.5 Å². The van der Waals surface area contributed by atoms with Crippen LogP contribution in [0.5, 0.6) is 11.5 Å². The molecule has 2 atom stereocenters. The van der Waals surface area contributed by atoms with Crippen molar-refractivity contribution in [3.05, 3.63) is 35.6 Å². The van der Waals surface area contributed by atoms with Crippen molar-refractivity contribution in [2.75, 3.05) is 27.8 Å². The number of hydrogen-bond donors (Lipinski definition) is 0. The normalized spacial score (nSPS) is 27.8. The van der Waals surface area contributed by atoms with Crippen molar-refractivity contribution in [2.24, 2.45) is 5.92 Å². The number of allylic oxidation sites excluding steroid dienone is 1. The molecule has 2 aliphatic carbocycles. The lowest BCUT2D eigenvalue weighted by atomic mass is 9.68. The van der Waals surface area contributed by atoms with E-state index in [1.807, 2.05) is 6.07 Å². The summed E-state index contributed by atoms with van der Waals surface area (Å²) in [4.78, 5) is 15.1. The number of carbonyl (C=O) groups is 1. The van der Waals surface area contributed by atoms with Crippen molar-refractivity contribution in [1.82, 2.24) is 4.90 Å². The zero-order valence-electron chi connectivity index (χ0n) is 17.9. The minimum atomic E-state index is -0.0183. The lowest BCUT2D eigenvalue weighted by Crippen LogP contribution is -2.43. The summed E-state index contributed by atoms with van der Waals surface area (Å²) in [6, 6.07) is 6.61. The van der Waals surface area contributed by atoms with Crippen LogP contribution in [-0.2, 0) is 14.9 Å². The van der Waals surface area contributed by atoms with E-state index in [2.05, 4.69) is 30.2 Å². The third-order valence-corrected chi connectivity index (χ3v) is 7.30. The number of methoxy groups -OCH3 is 2. The molecule has 2 fully saturated rings. The molecule has 3 aliphatic rings. The Morgan fingerprint density at radius 2 is 1.86 bits per heavy atom. The molecule has 0 bridgehead atoms. The van der Waals surface area contributed by atoms with Gasteiger partial charge in [-0.05, 0) is 63.0 Å². The van der Waals surface area contributed by atoms with Gasteiger partial charge in [-0.25, -0.2) is 0 Å². The highest BCUT2D eigenvalue weighted by Gasteiger charge is 2.49. The third-order valence-electron chi connectivity index (χ3n) is 7.30. The second-order valence-corrected chi connectivity index (χ2v) is 8.81. The summed E-state index contributed by atoms with van der Waals surface area (Å²) >= 11 is 0. The number of likely N-dealkylation sites (N-methyl/N-ethyl adjacent to an activating group) is 1. The van der Waals surface area contributed by atoms with E-state index in [0.29, 0.717) is 6.04 Å². The second-order valence-electron chi connectivity index (χ2n) is 8.81. The van der Waals surface area contributed by atoms with Gasteiger partial charge in [0.25, 0.3) is 0 Å². The Balaban J connectivity index is 1.56. The molecule has 1 saturated carbocycles. The van der Waals surface area contributed by atoms with Gasteiger partial charge in [-0.1, -0.05) is 25.3 Å². The molecule has 1 aromatic rings. The van der Waals surface area contributed by atoms with Crippen LogP contribution in [0.3, 0.4) is 0 Å². The van der Waals surface area contributed by atoms with Crippen LogP contribution in [-0.4, -0.2) is 44.7 Å². The number of rotatable bonds is 5. The van der Waals surface area contributed by atoms with Gasteiger partial charge in [-0.2, -0.15) is 0 Å². The molecule has 29 heavy (non-hydrogen) atoms. The van der Waals surface area contributed by atoms with Gasteiger partial charge < -0.3 is 19.1 Å². The summed E-state index contributed by atoms with van der Waals surface area (Å²) in [5.41, 5.74) is 1.30. The van der Waals surface area contributed by atoms with Crippen LogP contribution in [0.4, 0.5) is 0 Å². The molecule has 5 heteroatoms. The van der Waals surface area contributed by atoms with Gasteiger partial charge in [0.2, 0.25) is 0 Å². The lowest BCUT2D eigenvalue weighted by Gasteiger charge is -2.41. The lowest BCUT2D eigenvalue weighted by molar-refractivity contribution is -0.146. The van der Waals surface area contributed by atoms with Crippen LogP contribution in [0.2, 0.25) is 0 Å². The van der Waals surface area contributed by atoms with Crippen molar-refractivity contribution >= 4 is 5.97 Å². The summed E-state index contributed by atoms with van der Waals surface area (Å²) in [5, 5.41) is 0. The highest BCUT2D eigenvalue weighted by atomic mass is 16.5. The molecular formula is C24H33NO4. The Kier molecular flexibility index (Phi) is 5.86. The first-order valence-electron chi connectivity index (χ1n) is 10.9. The van der Waals surface area contributed by atoms with Crippen molar-refractivity contribution < 1.29 is 19.0 Å². The van der Waals surface area contributed by atoms with Crippen molar-refractivity contribution in [3.63, 3.8) is 0 Å². The number of nitrogens with zero attached hydrogens (tertiary/aromatic N) is 1. The van der Waals surface area contributed by atoms with Gasteiger partial charge in [0.05, 0.1) is 20.1 Å².